The van der Waals surface area contributed by atoms with Crippen molar-refractivity contribution in [1.82, 2.24) is 20.1 Å². The number of hydrazine groups is 1. The van der Waals surface area contributed by atoms with Gasteiger partial charge >= 0.3 is 0 Å². The molecule has 2 aromatic carbocycles. The van der Waals surface area contributed by atoms with Crippen LogP contribution in [0.25, 0.3) is 11.3 Å². The zero-order chi connectivity index (χ0) is 26.6. The van der Waals surface area contributed by atoms with E-state index >= 15 is 0 Å². The number of pyridine rings is 1. The van der Waals surface area contributed by atoms with Gasteiger partial charge in [-0.3, -0.25) is 20.0 Å². The number of carbonyl (C=O) groups excluding carboxylic acids is 2. The van der Waals surface area contributed by atoms with E-state index in [-0.39, 0.29) is 11.5 Å². The second kappa shape index (κ2) is 10.8. The predicted molar refractivity (Wildman–Crippen MR) is 136 cm³/mol. The topological polar surface area (TPSA) is 112 Å². The van der Waals surface area contributed by atoms with Crippen LogP contribution < -0.4 is 15.2 Å². The number of nitrogens with zero attached hydrogens (tertiary/aromatic N) is 3. The van der Waals surface area contributed by atoms with E-state index in [0.29, 0.717) is 37.4 Å². The molecule has 11 heteroatoms. The molecular weight excluding hydrogens is 497 g/mol. The number of hydrogen-bond donors (Lipinski definition) is 2. The average molecular weight is 522 g/mol. The number of piperazine rings is 1. The lowest BCUT2D eigenvalue weighted by Crippen LogP contribution is -2.48. The number of halogens is 1. The van der Waals surface area contributed by atoms with Crippen LogP contribution in [0.1, 0.15) is 15.9 Å². The van der Waals surface area contributed by atoms with Gasteiger partial charge in [0.25, 0.3) is 21.8 Å². The molecule has 0 saturated carbocycles. The molecule has 0 aliphatic carbocycles. The Labute approximate surface area is 214 Å². The number of hydrogen-bond acceptors (Lipinski definition) is 6. The van der Waals surface area contributed by atoms with Gasteiger partial charge in [0.05, 0.1) is 5.69 Å². The smallest absolute Gasteiger partial charge is 0.298 e. The minimum absolute atomic E-state index is 0.194. The predicted octanol–water partition coefficient (Wildman–Crippen LogP) is 2.10. The third kappa shape index (κ3) is 5.94. The Morgan fingerprint density at radius 2 is 1.78 bits per heavy atom. The summed E-state index contributed by atoms with van der Waals surface area (Å²) in [5.41, 5.74) is 5.26. The van der Waals surface area contributed by atoms with E-state index in [9.17, 15) is 22.4 Å². The van der Waals surface area contributed by atoms with Crippen LogP contribution in [0.3, 0.4) is 0 Å². The largest absolute Gasteiger partial charge is 0.368 e. The summed E-state index contributed by atoms with van der Waals surface area (Å²) in [6.07, 6.45) is 6.87. The van der Waals surface area contributed by atoms with Crippen LogP contribution in [0, 0.1) is 25.1 Å². The maximum absolute atomic E-state index is 13.9. The molecule has 4 rings (SSSR count). The van der Waals surface area contributed by atoms with E-state index in [1.54, 1.807) is 30.2 Å². The van der Waals surface area contributed by atoms with Crippen LogP contribution in [-0.2, 0) is 14.8 Å². The van der Waals surface area contributed by atoms with Gasteiger partial charge < -0.3 is 9.80 Å². The number of benzene rings is 2. The van der Waals surface area contributed by atoms with E-state index in [2.05, 4.69) is 21.2 Å². The third-order valence-electron chi connectivity index (χ3n) is 5.86. The van der Waals surface area contributed by atoms with Crippen molar-refractivity contribution in [3.63, 3.8) is 0 Å². The van der Waals surface area contributed by atoms with Crippen molar-refractivity contribution in [3.05, 3.63) is 77.7 Å². The molecule has 3 aromatic rings. The van der Waals surface area contributed by atoms with E-state index in [4.69, 9.17) is 6.42 Å². The number of nitrogens with one attached hydrogen (secondary N) is 2. The molecule has 1 saturated heterocycles. The Morgan fingerprint density at radius 1 is 1.05 bits per heavy atom. The van der Waals surface area contributed by atoms with Crippen LogP contribution in [0.5, 0.6) is 0 Å². The fourth-order valence-electron chi connectivity index (χ4n) is 4.00. The number of aryl methyl sites for hydroxylation is 1. The van der Waals surface area contributed by atoms with Crippen molar-refractivity contribution >= 4 is 27.5 Å². The highest BCUT2D eigenvalue weighted by molar-refractivity contribution is 7.89. The summed E-state index contributed by atoms with van der Waals surface area (Å²) in [7, 11) is -4.31. The summed E-state index contributed by atoms with van der Waals surface area (Å²) < 4.78 is 38.7. The molecule has 0 atom stereocenters. The minimum atomic E-state index is -4.31. The number of carbonyl (C=O) groups is 2. The summed E-state index contributed by atoms with van der Waals surface area (Å²) in [5.74, 6) is 0.170. The van der Waals surface area contributed by atoms with Gasteiger partial charge in [-0.1, -0.05) is 12.1 Å². The van der Waals surface area contributed by atoms with Gasteiger partial charge in [-0.2, -0.15) is 0 Å². The van der Waals surface area contributed by atoms with Gasteiger partial charge in [0.1, 0.15) is 10.7 Å². The molecule has 0 bridgehead atoms. The molecular formula is C26H24FN5O4S. The SMILES string of the molecule is C#CC(=O)N1CCN(c2ccnc(-c3cc(C)cc(C(=O)NNS(=O)(=O)c4ccccc4F)c3)c2)CC1. The molecule has 2 amide bonds. The minimum Gasteiger partial charge on any atom is -0.368 e. The van der Waals surface area contributed by atoms with Crippen LogP contribution in [-0.4, -0.2) is 56.3 Å². The normalized spacial score (nSPS) is 13.6. The van der Waals surface area contributed by atoms with Crippen LogP contribution >= 0.6 is 0 Å². The van der Waals surface area contributed by atoms with Crippen LogP contribution in [0.15, 0.2) is 65.7 Å². The lowest BCUT2D eigenvalue weighted by atomic mass is 10.0. The molecule has 1 aliphatic rings. The molecule has 1 aliphatic heterocycles. The quantitative estimate of drug-likeness (QED) is 0.380. The molecule has 0 unspecified atom stereocenters. The maximum Gasteiger partial charge on any atom is 0.298 e. The molecule has 190 valence electrons. The summed E-state index contributed by atoms with van der Waals surface area (Å²) >= 11 is 0. The highest BCUT2D eigenvalue weighted by Crippen LogP contribution is 2.25. The van der Waals surface area contributed by atoms with Gasteiger partial charge in [0.2, 0.25) is 0 Å². The first-order chi connectivity index (χ1) is 17.7. The second-order valence-electron chi connectivity index (χ2n) is 8.40. The summed E-state index contributed by atoms with van der Waals surface area (Å²) in [5, 5.41) is 0. The third-order valence-corrected chi connectivity index (χ3v) is 7.14. The van der Waals surface area contributed by atoms with Gasteiger partial charge in [-0.25, -0.2) is 12.8 Å². The molecule has 9 nitrogen and oxygen atoms in total. The van der Waals surface area contributed by atoms with E-state index in [1.807, 2.05) is 23.0 Å². The van der Waals surface area contributed by atoms with Crippen molar-refractivity contribution in [2.75, 3.05) is 31.1 Å². The number of sulfonamides is 1. The molecule has 37 heavy (non-hydrogen) atoms. The lowest BCUT2D eigenvalue weighted by molar-refractivity contribution is -0.125. The monoisotopic (exact) mass is 521 g/mol. The van der Waals surface area contributed by atoms with Crippen molar-refractivity contribution < 1.29 is 22.4 Å². The number of rotatable bonds is 6. The van der Waals surface area contributed by atoms with Crippen LogP contribution in [0.4, 0.5) is 10.1 Å². The fraction of sp³-hybridized carbons (Fsp3) is 0.192. The molecule has 2 N–H and O–H groups in total. The summed E-state index contributed by atoms with van der Waals surface area (Å²) in [6.45, 7) is 4.05. The number of terminal acetylenes is 1. The number of amides is 2. The molecule has 0 radical (unpaired) electrons. The van der Waals surface area contributed by atoms with Crippen molar-refractivity contribution in [1.29, 1.82) is 0 Å². The second-order valence-corrected chi connectivity index (χ2v) is 10.1. The van der Waals surface area contributed by atoms with Gasteiger partial charge in [-0.05, 0) is 60.9 Å². The molecule has 2 heterocycles. The number of anilines is 1. The Morgan fingerprint density at radius 3 is 2.49 bits per heavy atom. The standard InChI is InChI=1S/C26H24FN5O4S/c1-3-25(33)32-12-10-31(11-13-32)21-8-9-28-23(17-21)19-14-18(2)15-20(16-19)26(34)29-30-37(35,36)24-7-5-4-6-22(24)27/h1,4-9,14-17,30H,10-13H2,2H3,(H,29,34). The van der Waals surface area contributed by atoms with E-state index < -0.39 is 26.6 Å². The summed E-state index contributed by atoms with van der Waals surface area (Å²) in [6, 6.07) is 13.7. The van der Waals surface area contributed by atoms with E-state index in [1.165, 1.54) is 12.1 Å². The first kappa shape index (κ1) is 25.8. The Bertz CT molecular complexity index is 1490. The zero-order valence-electron chi connectivity index (χ0n) is 19.9. The Kier molecular flexibility index (Phi) is 7.52. The molecule has 1 fully saturated rings. The van der Waals surface area contributed by atoms with Gasteiger partial charge in [-0.15, -0.1) is 11.3 Å². The van der Waals surface area contributed by atoms with E-state index in [0.717, 1.165) is 23.4 Å². The Balaban J connectivity index is 1.50. The molecule has 0 spiro atoms. The fourth-order valence-corrected chi connectivity index (χ4v) is 4.92. The van der Waals surface area contributed by atoms with Crippen molar-refractivity contribution in [2.24, 2.45) is 0 Å². The highest BCUT2D eigenvalue weighted by atomic mass is 32.2. The first-order valence-corrected chi connectivity index (χ1v) is 12.8. The van der Waals surface area contributed by atoms with Crippen molar-refractivity contribution in [2.45, 2.75) is 11.8 Å². The van der Waals surface area contributed by atoms with Crippen LogP contribution in [0.2, 0.25) is 0 Å². The summed E-state index contributed by atoms with van der Waals surface area (Å²) in [4.78, 5) is 34.0. The zero-order valence-corrected chi connectivity index (χ0v) is 20.8. The number of aromatic nitrogens is 1. The van der Waals surface area contributed by atoms with Gasteiger partial charge in [0.15, 0.2) is 0 Å². The Hall–Kier alpha value is -4.27. The average Bonchev–Trinajstić information content (AvgIpc) is 2.91. The maximum atomic E-state index is 13.9. The first-order valence-electron chi connectivity index (χ1n) is 11.3. The molecule has 1 aromatic heterocycles. The van der Waals surface area contributed by atoms with Crippen molar-refractivity contribution in [3.8, 4) is 23.6 Å². The van der Waals surface area contributed by atoms with Gasteiger partial charge in [0, 0.05) is 49.2 Å². The lowest BCUT2D eigenvalue weighted by Gasteiger charge is -2.35. The highest BCUT2D eigenvalue weighted by Gasteiger charge is 2.22.